The van der Waals surface area contributed by atoms with Crippen LogP contribution in [0.25, 0.3) is 0 Å². The van der Waals surface area contributed by atoms with Gasteiger partial charge in [-0.25, -0.2) is 9.98 Å². The van der Waals surface area contributed by atoms with Crippen LogP contribution in [0.15, 0.2) is 70.6 Å². The molecule has 2 atom stereocenters. The molecule has 0 amide bonds. The molecule has 2 aromatic carbocycles. The molecule has 36 heavy (non-hydrogen) atoms. The zero-order chi connectivity index (χ0) is 24.4. The van der Waals surface area contributed by atoms with Crippen LogP contribution in [-0.2, 0) is 18.9 Å². The number of rotatable bonds is 6. The molecule has 8 heteroatoms. The zero-order valence-electron chi connectivity index (χ0n) is 20.8. The third kappa shape index (κ3) is 7.13. The third-order valence-corrected chi connectivity index (χ3v) is 6.71. The van der Waals surface area contributed by atoms with Crippen LogP contribution in [-0.4, -0.2) is 101 Å². The predicted molar refractivity (Wildman–Crippen MR) is 140 cm³/mol. The highest BCUT2D eigenvalue weighted by Gasteiger charge is 2.24. The first-order chi connectivity index (χ1) is 17.8. The van der Waals surface area contributed by atoms with Crippen molar-refractivity contribution >= 4 is 11.8 Å². The second-order valence-electron chi connectivity index (χ2n) is 9.30. The maximum absolute atomic E-state index is 5.99. The van der Waals surface area contributed by atoms with Gasteiger partial charge in [0.25, 0.3) is 0 Å². The Morgan fingerprint density at radius 1 is 0.583 bits per heavy atom. The highest BCUT2D eigenvalue weighted by atomic mass is 16.5. The fraction of sp³-hybridized carbons (Fsp3) is 0.500. The van der Waals surface area contributed by atoms with E-state index in [2.05, 4.69) is 34.1 Å². The van der Waals surface area contributed by atoms with E-state index in [0.29, 0.717) is 52.7 Å². The van der Waals surface area contributed by atoms with Crippen molar-refractivity contribution in [3.8, 4) is 0 Å². The third-order valence-electron chi connectivity index (χ3n) is 6.71. The fourth-order valence-corrected chi connectivity index (χ4v) is 4.61. The molecule has 0 aromatic heterocycles. The molecule has 2 unspecified atom stereocenters. The van der Waals surface area contributed by atoms with Crippen LogP contribution in [0.3, 0.4) is 0 Å². The van der Waals surface area contributed by atoms with Crippen molar-refractivity contribution in [1.82, 2.24) is 9.80 Å². The first kappa shape index (κ1) is 24.9. The van der Waals surface area contributed by atoms with Gasteiger partial charge in [-0.2, -0.15) is 0 Å². The van der Waals surface area contributed by atoms with E-state index in [0.717, 1.165) is 38.0 Å². The van der Waals surface area contributed by atoms with E-state index in [1.807, 2.05) is 36.4 Å². The van der Waals surface area contributed by atoms with Crippen LogP contribution in [0.2, 0.25) is 0 Å². The van der Waals surface area contributed by atoms with Crippen molar-refractivity contribution in [1.29, 1.82) is 0 Å². The van der Waals surface area contributed by atoms with E-state index in [-0.39, 0.29) is 12.1 Å². The summed E-state index contributed by atoms with van der Waals surface area (Å²) in [7, 11) is 0. The maximum Gasteiger partial charge on any atom is 0.198 e. The van der Waals surface area contributed by atoms with Gasteiger partial charge in [0.1, 0.15) is 25.3 Å². The molecule has 3 aliphatic rings. The van der Waals surface area contributed by atoms with Gasteiger partial charge in [0.05, 0.1) is 39.5 Å². The standard InChI is InChI=1S/C28H36N4O4/c1-3-7-23(8-4-1)25-21-35-27(29-25)19-31-11-15-33-17-13-32(14-18-34-16-12-31)20-28-30-26(22-36-28)24-9-5-2-6-10-24/h1-10,25-26H,11-22H2. The van der Waals surface area contributed by atoms with E-state index >= 15 is 0 Å². The monoisotopic (exact) mass is 492 g/mol. The average Bonchev–Trinajstić information content (AvgIpc) is 3.58. The van der Waals surface area contributed by atoms with Crippen LogP contribution in [0.4, 0.5) is 0 Å². The predicted octanol–water partition coefficient (Wildman–Crippen LogP) is 2.98. The highest BCUT2D eigenvalue weighted by Crippen LogP contribution is 2.24. The Hall–Kier alpha value is -2.78. The van der Waals surface area contributed by atoms with Gasteiger partial charge in [0, 0.05) is 26.2 Å². The molecule has 0 radical (unpaired) electrons. The molecule has 0 N–H and O–H groups in total. The molecule has 1 saturated heterocycles. The Morgan fingerprint density at radius 3 is 1.36 bits per heavy atom. The summed E-state index contributed by atoms with van der Waals surface area (Å²) < 4.78 is 23.8. The molecule has 0 spiro atoms. The van der Waals surface area contributed by atoms with Crippen LogP contribution < -0.4 is 0 Å². The van der Waals surface area contributed by atoms with Gasteiger partial charge in [0.2, 0.25) is 0 Å². The molecular weight excluding hydrogens is 456 g/mol. The SMILES string of the molecule is c1ccc(C2COC(CN3CCOCCN(CC4=NC(c5ccccc5)CO4)CCOCC3)=N2)cc1. The fourth-order valence-electron chi connectivity index (χ4n) is 4.61. The van der Waals surface area contributed by atoms with Gasteiger partial charge < -0.3 is 18.9 Å². The van der Waals surface area contributed by atoms with Gasteiger partial charge in [-0.15, -0.1) is 0 Å². The average molecular weight is 493 g/mol. The van der Waals surface area contributed by atoms with Gasteiger partial charge in [-0.05, 0) is 11.1 Å². The molecular formula is C28H36N4O4. The maximum atomic E-state index is 5.99. The number of hydrogen-bond acceptors (Lipinski definition) is 8. The molecule has 1 fully saturated rings. The summed E-state index contributed by atoms with van der Waals surface area (Å²) in [6, 6.07) is 20.8. The number of benzene rings is 2. The molecule has 0 aliphatic carbocycles. The van der Waals surface area contributed by atoms with E-state index in [9.17, 15) is 0 Å². The quantitative estimate of drug-likeness (QED) is 0.618. The normalized spacial score (nSPS) is 24.7. The first-order valence-electron chi connectivity index (χ1n) is 12.9. The smallest absolute Gasteiger partial charge is 0.198 e. The Balaban J connectivity index is 1.08. The van der Waals surface area contributed by atoms with Crippen molar-refractivity contribution in [3.05, 3.63) is 71.8 Å². The summed E-state index contributed by atoms with van der Waals surface area (Å²) in [5.41, 5.74) is 2.39. The molecule has 3 aliphatic heterocycles. The van der Waals surface area contributed by atoms with Crippen molar-refractivity contribution in [2.24, 2.45) is 9.98 Å². The van der Waals surface area contributed by atoms with Crippen molar-refractivity contribution in [2.45, 2.75) is 12.1 Å². The second-order valence-corrected chi connectivity index (χ2v) is 9.30. The summed E-state index contributed by atoms with van der Waals surface area (Å²) in [6.45, 7) is 8.50. The van der Waals surface area contributed by atoms with Gasteiger partial charge in [-0.1, -0.05) is 60.7 Å². The Morgan fingerprint density at radius 2 is 0.972 bits per heavy atom. The van der Waals surface area contributed by atoms with Crippen LogP contribution in [0, 0.1) is 0 Å². The summed E-state index contributed by atoms with van der Waals surface area (Å²) in [4.78, 5) is 14.2. The molecule has 8 nitrogen and oxygen atoms in total. The summed E-state index contributed by atoms with van der Waals surface area (Å²) in [5.74, 6) is 1.60. The number of aliphatic imine (C=N–C) groups is 2. The number of nitrogens with zero attached hydrogens (tertiary/aromatic N) is 4. The largest absolute Gasteiger partial charge is 0.477 e. The molecule has 0 bridgehead atoms. The van der Waals surface area contributed by atoms with Crippen LogP contribution in [0.5, 0.6) is 0 Å². The number of ether oxygens (including phenoxy) is 4. The van der Waals surface area contributed by atoms with Crippen LogP contribution >= 0.6 is 0 Å². The van der Waals surface area contributed by atoms with E-state index in [4.69, 9.17) is 28.9 Å². The summed E-state index contributed by atoms with van der Waals surface area (Å²) in [6.07, 6.45) is 0. The van der Waals surface area contributed by atoms with Crippen molar-refractivity contribution < 1.29 is 18.9 Å². The molecule has 192 valence electrons. The lowest BCUT2D eigenvalue weighted by atomic mass is 10.1. The van der Waals surface area contributed by atoms with Gasteiger partial charge in [0.15, 0.2) is 11.8 Å². The van der Waals surface area contributed by atoms with Crippen LogP contribution in [0.1, 0.15) is 23.2 Å². The Bertz CT molecular complexity index is 908. The minimum absolute atomic E-state index is 0.0866. The zero-order valence-corrected chi connectivity index (χ0v) is 20.8. The van der Waals surface area contributed by atoms with E-state index in [1.54, 1.807) is 0 Å². The molecule has 2 aromatic rings. The summed E-state index contributed by atoms with van der Waals surface area (Å²) >= 11 is 0. The Kier molecular flexibility index (Phi) is 8.96. The lowest BCUT2D eigenvalue weighted by Crippen LogP contribution is -2.39. The van der Waals surface area contributed by atoms with Gasteiger partial charge in [-0.3, -0.25) is 9.80 Å². The van der Waals surface area contributed by atoms with E-state index < -0.39 is 0 Å². The molecule has 0 saturated carbocycles. The van der Waals surface area contributed by atoms with E-state index in [1.165, 1.54) is 11.1 Å². The lowest BCUT2D eigenvalue weighted by Gasteiger charge is -2.25. The molecule has 3 heterocycles. The second kappa shape index (κ2) is 13.0. The first-order valence-corrected chi connectivity index (χ1v) is 12.9. The minimum atomic E-state index is 0.0866. The minimum Gasteiger partial charge on any atom is -0.477 e. The lowest BCUT2D eigenvalue weighted by molar-refractivity contribution is 0.0433. The number of hydrogen-bond donors (Lipinski definition) is 0. The van der Waals surface area contributed by atoms with Crippen molar-refractivity contribution in [3.63, 3.8) is 0 Å². The van der Waals surface area contributed by atoms with Crippen molar-refractivity contribution in [2.75, 3.05) is 78.9 Å². The molecule has 5 rings (SSSR count). The van der Waals surface area contributed by atoms with Gasteiger partial charge >= 0.3 is 0 Å². The topological polar surface area (TPSA) is 68.1 Å². The highest BCUT2D eigenvalue weighted by molar-refractivity contribution is 5.80. The Labute approximate surface area is 213 Å². The summed E-state index contributed by atoms with van der Waals surface area (Å²) in [5, 5.41) is 0.